The summed E-state index contributed by atoms with van der Waals surface area (Å²) in [6.07, 6.45) is 2.64. The summed E-state index contributed by atoms with van der Waals surface area (Å²) < 4.78 is 15.7. The smallest absolute Gasteiger partial charge is 0.255 e. The molecule has 150 valence electrons. The van der Waals surface area contributed by atoms with Crippen molar-refractivity contribution in [3.63, 3.8) is 0 Å². The Kier molecular flexibility index (Phi) is 5.40. The Morgan fingerprint density at radius 1 is 1.17 bits per heavy atom. The predicted molar refractivity (Wildman–Crippen MR) is 111 cm³/mol. The molecule has 1 atom stereocenters. The lowest BCUT2D eigenvalue weighted by Crippen LogP contribution is -2.52. The lowest BCUT2D eigenvalue weighted by Gasteiger charge is -2.40. The van der Waals surface area contributed by atoms with Crippen molar-refractivity contribution in [1.29, 1.82) is 0 Å². The molecule has 0 aliphatic carbocycles. The monoisotopic (exact) mass is 393 g/mol. The normalized spacial score (nSPS) is 17.5. The van der Waals surface area contributed by atoms with Gasteiger partial charge in [0.05, 0.1) is 11.9 Å². The number of piperazine rings is 1. The van der Waals surface area contributed by atoms with Crippen molar-refractivity contribution in [1.82, 2.24) is 19.4 Å². The fourth-order valence-electron chi connectivity index (χ4n) is 3.76. The van der Waals surface area contributed by atoms with Crippen LogP contribution in [0.1, 0.15) is 12.5 Å². The molecule has 3 aromatic rings. The molecular weight excluding hydrogens is 369 g/mol. The second-order valence-electron chi connectivity index (χ2n) is 7.45. The van der Waals surface area contributed by atoms with E-state index in [1.807, 2.05) is 6.07 Å². The van der Waals surface area contributed by atoms with Gasteiger partial charge in [-0.25, -0.2) is 9.37 Å². The van der Waals surface area contributed by atoms with Crippen LogP contribution in [-0.4, -0.2) is 45.1 Å². The summed E-state index contributed by atoms with van der Waals surface area (Å²) >= 11 is 0. The van der Waals surface area contributed by atoms with E-state index in [-0.39, 0.29) is 11.1 Å². The van der Waals surface area contributed by atoms with E-state index < -0.39 is 5.82 Å². The maximum Gasteiger partial charge on any atom is 0.255 e. The van der Waals surface area contributed by atoms with Crippen LogP contribution in [0.25, 0.3) is 11.3 Å². The van der Waals surface area contributed by atoms with Crippen LogP contribution in [0.5, 0.6) is 0 Å². The van der Waals surface area contributed by atoms with Gasteiger partial charge in [-0.15, -0.1) is 0 Å². The van der Waals surface area contributed by atoms with Gasteiger partial charge < -0.3 is 4.90 Å². The molecule has 29 heavy (non-hydrogen) atoms. The van der Waals surface area contributed by atoms with E-state index in [4.69, 9.17) is 0 Å². The standard InChI is InChI=1S/C22H24FN5O/c1-16-14-28(11-10-27(16)15-17-6-4-3-5-7-17)22-25-20(12-21(29)26(22)2)18-8-9-24-13-19(18)23/h3-9,12-13,16H,10-11,14-15H2,1-2H3/t16-/m0/s1. The maximum absolute atomic E-state index is 14.2. The van der Waals surface area contributed by atoms with Crippen LogP contribution in [0.2, 0.25) is 0 Å². The van der Waals surface area contributed by atoms with Gasteiger partial charge in [0, 0.05) is 57.1 Å². The molecule has 0 unspecified atom stereocenters. The Morgan fingerprint density at radius 3 is 2.69 bits per heavy atom. The number of hydrogen-bond donors (Lipinski definition) is 0. The van der Waals surface area contributed by atoms with E-state index in [2.05, 4.69) is 51.0 Å². The van der Waals surface area contributed by atoms with Crippen molar-refractivity contribution in [2.45, 2.75) is 19.5 Å². The molecular formula is C22H24FN5O. The minimum atomic E-state index is -0.486. The molecule has 1 aromatic carbocycles. The highest BCUT2D eigenvalue weighted by Crippen LogP contribution is 2.23. The molecule has 3 heterocycles. The molecule has 1 aliphatic heterocycles. The SMILES string of the molecule is C[C@H]1CN(c2nc(-c3ccncc3F)cc(=O)n2C)CCN1Cc1ccccc1. The first-order chi connectivity index (χ1) is 14.0. The highest BCUT2D eigenvalue weighted by molar-refractivity contribution is 5.60. The summed E-state index contributed by atoms with van der Waals surface area (Å²) in [4.78, 5) is 25.5. The second kappa shape index (κ2) is 8.13. The first-order valence-electron chi connectivity index (χ1n) is 9.74. The molecule has 0 saturated carbocycles. The largest absolute Gasteiger partial charge is 0.339 e. The molecule has 1 aliphatic rings. The molecule has 7 heteroatoms. The van der Waals surface area contributed by atoms with Gasteiger partial charge in [-0.05, 0) is 18.6 Å². The van der Waals surface area contributed by atoms with Gasteiger partial charge in [0.25, 0.3) is 5.56 Å². The van der Waals surface area contributed by atoms with Crippen LogP contribution >= 0.6 is 0 Å². The third kappa shape index (κ3) is 4.05. The quantitative estimate of drug-likeness (QED) is 0.682. The molecule has 4 rings (SSSR count). The molecule has 1 saturated heterocycles. The number of halogens is 1. The van der Waals surface area contributed by atoms with E-state index in [1.165, 1.54) is 22.4 Å². The molecule has 0 N–H and O–H groups in total. The zero-order valence-corrected chi connectivity index (χ0v) is 16.6. The van der Waals surface area contributed by atoms with E-state index in [0.29, 0.717) is 17.7 Å². The summed E-state index contributed by atoms with van der Waals surface area (Å²) in [6.45, 7) is 5.43. The summed E-state index contributed by atoms with van der Waals surface area (Å²) in [6, 6.07) is 13.6. The fraction of sp³-hybridized carbons (Fsp3) is 0.318. The third-order valence-electron chi connectivity index (χ3n) is 5.44. The summed E-state index contributed by atoms with van der Waals surface area (Å²) in [5, 5.41) is 0. The van der Waals surface area contributed by atoms with Crippen molar-refractivity contribution in [2.75, 3.05) is 24.5 Å². The lowest BCUT2D eigenvalue weighted by atomic mass is 10.1. The lowest BCUT2D eigenvalue weighted by molar-refractivity contribution is 0.179. The average Bonchev–Trinajstić information content (AvgIpc) is 2.73. The highest BCUT2D eigenvalue weighted by Gasteiger charge is 2.26. The van der Waals surface area contributed by atoms with E-state index >= 15 is 0 Å². The van der Waals surface area contributed by atoms with Gasteiger partial charge in [-0.2, -0.15) is 0 Å². The molecule has 0 radical (unpaired) electrons. The van der Waals surface area contributed by atoms with Crippen molar-refractivity contribution in [2.24, 2.45) is 7.05 Å². The number of anilines is 1. The highest BCUT2D eigenvalue weighted by atomic mass is 19.1. The Labute approximate surface area is 169 Å². The first-order valence-corrected chi connectivity index (χ1v) is 9.74. The van der Waals surface area contributed by atoms with Gasteiger partial charge in [0.15, 0.2) is 5.82 Å². The van der Waals surface area contributed by atoms with Crippen LogP contribution in [0, 0.1) is 5.82 Å². The summed E-state index contributed by atoms with van der Waals surface area (Å²) in [5.41, 5.74) is 1.70. The van der Waals surface area contributed by atoms with Gasteiger partial charge in [-0.1, -0.05) is 30.3 Å². The molecule has 2 aromatic heterocycles. The van der Waals surface area contributed by atoms with E-state index in [0.717, 1.165) is 32.4 Å². The number of pyridine rings is 1. The average molecular weight is 393 g/mol. The van der Waals surface area contributed by atoms with Crippen LogP contribution in [-0.2, 0) is 13.6 Å². The van der Waals surface area contributed by atoms with Gasteiger partial charge in [0.1, 0.15) is 0 Å². The fourth-order valence-corrected chi connectivity index (χ4v) is 3.76. The van der Waals surface area contributed by atoms with Crippen molar-refractivity contribution in [3.05, 3.63) is 76.6 Å². The van der Waals surface area contributed by atoms with E-state index in [9.17, 15) is 9.18 Å². The molecule has 0 amide bonds. The maximum atomic E-state index is 14.2. The third-order valence-corrected chi connectivity index (χ3v) is 5.44. The zero-order valence-electron chi connectivity index (χ0n) is 16.6. The molecule has 6 nitrogen and oxygen atoms in total. The van der Waals surface area contributed by atoms with Gasteiger partial charge in [0.2, 0.25) is 5.95 Å². The number of benzene rings is 1. The van der Waals surface area contributed by atoms with Crippen LogP contribution in [0.3, 0.4) is 0 Å². The molecule has 1 fully saturated rings. The Bertz CT molecular complexity index is 1050. The van der Waals surface area contributed by atoms with Crippen molar-refractivity contribution in [3.8, 4) is 11.3 Å². The van der Waals surface area contributed by atoms with Gasteiger partial charge in [-0.3, -0.25) is 19.2 Å². The Morgan fingerprint density at radius 2 is 1.97 bits per heavy atom. The first kappa shape index (κ1) is 19.3. The van der Waals surface area contributed by atoms with Crippen LogP contribution in [0.15, 0.2) is 59.7 Å². The number of rotatable bonds is 4. The second-order valence-corrected chi connectivity index (χ2v) is 7.45. The van der Waals surface area contributed by atoms with Crippen molar-refractivity contribution < 1.29 is 4.39 Å². The number of nitrogens with zero attached hydrogens (tertiary/aromatic N) is 5. The molecule has 0 spiro atoms. The van der Waals surface area contributed by atoms with Crippen molar-refractivity contribution >= 4 is 5.95 Å². The zero-order chi connectivity index (χ0) is 20.4. The van der Waals surface area contributed by atoms with Crippen LogP contribution in [0.4, 0.5) is 10.3 Å². The Balaban J connectivity index is 1.58. The summed E-state index contributed by atoms with van der Waals surface area (Å²) in [5.74, 6) is 0.0789. The van der Waals surface area contributed by atoms with Gasteiger partial charge >= 0.3 is 0 Å². The van der Waals surface area contributed by atoms with Crippen LogP contribution < -0.4 is 10.5 Å². The Hall–Kier alpha value is -3.06. The minimum absolute atomic E-state index is 0.208. The predicted octanol–water partition coefficient (Wildman–Crippen LogP) is 2.69. The minimum Gasteiger partial charge on any atom is -0.339 e. The van der Waals surface area contributed by atoms with E-state index in [1.54, 1.807) is 13.1 Å². The number of hydrogen-bond acceptors (Lipinski definition) is 5. The summed E-state index contributed by atoms with van der Waals surface area (Å²) in [7, 11) is 1.71. The number of aromatic nitrogens is 3. The topological polar surface area (TPSA) is 54.3 Å². The molecule has 0 bridgehead atoms.